The highest BCUT2D eigenvalue weighted by Gasteiger charge is 2.25. The number of nitrogens with two attached hydrogens (primary N) is 1. The van der Waals surface area contributed by atoms with E-state index in [-0.39, 0.29) is 18.5 Å². The third-order valence-corrected chi connectivity index (χ3v) is 2.65. The number of carbonyl (C=O) groups is 2. The Kier molecular flexibility index (Phi) is 4.55. The molecule has 0 aromatic heterocycles. The predicted octanol–water partition coefficient (Wildman–Crippen LogP) is -0.538. The summed E-state index contributed by atoms with van der Waals surface area (Å²) in [6.07, 6.45) is 3.04. The van der Waals surface area contributed by atoms with Crippen LogP contribution < -0.4 is 11.1 Å². The van der Waals surface area contributed by atoms with Crippen LogP contribution >= 0.6 is 0 Å². The van der Waals surface area contributed by atoms with Gasteiger partial charge < -0.3 is 16.0 Å². The van der Waals surface area contributed by atoms with Crippen LogP contribution in [-0.4, -0.2) is 42.4 Å². The van der Waals surface area contributed by atoms with Crippen LogP contribution in [0.25, 0.3) is 0 Å². The maximum absolute atomic E-state index is 11.9. The van der Waals surface area contributed by atoms with Gasteiger partial charge in [-0.15, -0.1) is 0 Å². The summed E-state index contributed by atoms with van der Waals surface area (Å²) in [5.74, 6) is -0.461. The van der Waals surface area contributed by atoms with Gasteiger partial charge in [0.2, 0.25) is 11.8 Å². The van der Waals surface area contributed by atoms with Crippen molar-refractivity contribution < 1.29 is 9.59 Å². The molecule has 0 bridgehead atoms. The highest BCUT2D eigenvalue weighted by atomic mass is 16.2. The van der Waals surface area contributed by atoms with Crippen molar-refractivity contribution in [1.82, 2.24) is 10.2 Å². The van der Waals surface area contributed by atoms with Gasteiger partial charge in [0, 0.05) is 6.54 Å². The first kappa shape index (κ1) is 12.0. The summed E-state index contributed by atoms with van der Waals surface area (Å²) in [6, 6.07) is -0.127. The first-order valence-electron chi connectivity index (χ1n) is 5.45. The maximum Gasteiger partial charge on any atom is 0.240 e. The van der Waals surface area contributed by atoms with Crippen molar-refractivity contribution in [2.24, 2.45) is 5.73 Å². The topological polar surface area (TPSA) is 75.4 Å². The van der Waals surface area contributed by atoms with Gasteiger partial charge in [0.25, 0.3) is 0 Å². The van der Waals surface area contributed by atoms with Gasteiger partial charge >= 0.3 is 0 Å². The first-order valence-corrected chi connectivity index (χ1v) is 5.45. The molecule has 0 spiro atoms. The lowest BCUT2D eigenvalue weighted by atomic mass is 10.0. The second-order valence-electron chi connectivity index (χ2n) is 3.82. The summed E-state index contributed by atoms with van der Waals surface area (Å²) < 4.78 is 0. The number of likely N-dealkylation sites (N-methyl/N-ethyl adjacent to an activating group) is 1. The summed E-state index contributed by atoms with van der Waals surface area (Å²) in [6.45, 7) is 3.28. The van der Waals surface area contributed by atoms with Crippen molar-refractivity contribution in [3.05, 3.63) is 0 Å². The van der Waals surface area contributed by atoms with E-state index in [4.69, 9.17) is 5.73 Å². The lowest BCUT2D eigenvalue weighted by Gasteiger charge is -2.28. The summed E-state index contributed by atoms with van der Waals surface area (Å²) in [7, 11) is 0. The standard InChI is InChI=1S/C10H19N3O2/c1-2-13(7-9(11)14)10(15)8-5-3-4-6-12-8/h8,12H,2-7H2,1H3,(H2,11,14)/t8-/m1/s1. The number of rotatable bonds is 4. The molecular formula is C10H19N3O2. The van der Waals surface area contributed by atoms with Crippen molar-refractivity contribution >= 4 is 11.8 Å². The van der Waals surface area contributed by atoms with Crippen LogP contribution in [0.1, 0.15) is 26.2 Å². The average Bonchev–Trinajstić information content (AvgIpc) is 2.26. The van der Waals surface area contributed by atoms with Crippen LogP contribution in [0.5, 0.6) is 0 Å². The number of nitrogens with one attached hydrogen (secondary N) is 1. The Labute approximate surface area is 90.0 Å². The van der Waals surface area contributed by atoms with Crippen molar-refractivity contribution in [2.45, 2.75) is 32.2 Å². The molecule has 5 heteroatoms. The summed E-state index contributed by atoms with van der Waals surface area (Å²) in [5.41, 5.74) is 5.08. The van der Waals surface area contributed by atoms with Crippen LogP contribution in [0.15, 0.2) is 0 Å². The van der Waals surface area contributed by atoms with Gasteiger partial charge in [-0.3, -0.25) is 9.59 Å². The first-order chi connectivity index (χ1) is 7.15. The highest BCUT2D eigenvalue weighted by molar-refractivity contribution is 5.86. The fraction of sp³-hybridized carbons (Fsp3) is 0.800. The zero-order chi connectivity index (χ0) is 11.3. The minimum absolute atomic E-state index is 0.00370. The van der Waals surface area contributed by atoms with E-state index in [9.17, 15) is 9.59 Å². The summed E-state index contributed by atoms with van der Waals surface area (Å²) in [4.78, 5) is 24.2. The van der Waals surface area contributed by atoms with E-state index >= 15 is 0 Å². The molecule has 0 unspecified atom stereocenters. The third-order valence-electron chi connectivity index (χ3n) is 2.65. The van der Waals surface area contributed by atoms with E-state index in [0.29, 0.717) is 6.54 Å². The fourth-order valence-electron chi connectivity index (χ4n) is 1.82. The lowest BCUT2D eigenvalue weighted by Crippen LogP contribution is -2.50. The quantitative estimate of drug-likeness (QED) is 0.658. The Morgan fingerprint density at radius 3 is 2.67 bits per heavy atom. The molecule has 1 rings (SSSR count). The maximum atomic E-state index is 11.9. The zero-order valence-electron chi connectivity index (χ0n) is 9.16. The largest absolute Gasteiger partial charge is 0.368 e. The highest BCUT2D eigenvalue weighted by Crippen LogP contribution is 2.09. The van der Waals surface area contributed by atoms with Crippen LogP contribution in [0.3, 0.4) is 0 Å². The van der Waals surface area contributed by atoms with Crippen molar-refractivity contribution in [3.8, 4) is 0 Å². The molecule has 3 N–H and O–H groups in total. The molecule has 86 valence electrons. The van der Waals surface area contributed by atoms with Gasteiger partial charge in [0.1, 0.15) is 0 Å². The van der Waals surface area contributed by atoms with Gasteiger partial charge in [0.15, 0.2) is 0 Å². The van der Waals surface area contributed by atoms with E-state index in [0.717, 1.165) is 25.8 Å². The minimum atomic E-state index is -0.457. The van der Waals surface area contributed by atoms with Gasteiger partial charge in [-0.2, -0.15) is 0 Å². The third kappa shape index (κ3) is 3.51. The molecule has 0 aliphatic carbocycles. The van der Waals surface area contributed by atoms with E-state index in [1.165, 1.54) is 4.90 Å². The monoisotopic (exact) mass is 213 g/mol. The minimum Gasteiger partial charge on any atom is -0.368 e. The number of nitrogens with zero attached hydrogens (tertiary/aromatic N) is 1. The van der Waals surface area contributed by atoms with Crippen molar-refractivity contribution in [2.75, 3.05) is 19.6 Å². The number of hydrogen-bond donors (Lipinski definition) is 2. The normalized spacial score (nSPS) is 21.0. The van der Waals surface area contributed by atoms with E-state index in [2.05, 4.69) is 5.32 Å². The number of carbonyl (C=O) groups excluding carboxylic acids is 2. The Bertz CT molecular complexity index is 237. The molecule has 1 saturated heterocycles. The molecule has 1 fully saturated rings. The zero-order valence-corrected chi connectivity index (χ0v) is 9.16. The second-order valence-corrected chi connectivity index (χ2v) is 3.82. The molecule has 1 aliphatic heterocycles. The SMILES string of the molecule is CCN(CC(N)=O)C(=O)[C@H]1CCCCN1. The predicted molar refractivity (Wildman–Crippen MR) is 57.1 cm³/mol. The number of hydrogen-bond acceptors (Lipinski definition) is 3. The molecule has 15 heavy (non-hydrogen) atoms. The fourth-order valence-corrected chi connectivity index (χ4v) is 1.82. The second kappa shape index (κ2) is 5.70. The van der Waals surface area contributed by atoms with Crippen molar-refractivity contribution in [3.63, 3.8) is 0 Å². The van der Waals surface area contributed by atoms with Gasteiger partial charge in [-0.25, -0.2) is 0 Å². The van der Waals surface area contributed by atoms with Gasteiger partial charge in [-0.05, 0) is 26.3 Å². The van der Waals surface area contributed by atoms with E-state index < -0.39 is 5.91 Å². The Balaban J connectivity index is 2.50. The van der Waals surface area contributed by atoms with Crippen molar-refractivity contribution in [1.29, 1.82) is 0 Å². The molecule has 0 aromatic carbocycles. The molecule has 1 heterocycles. The molecule has 0 radical (unpaired) electrons. The Hall–Kier alpha value is -1.10. The Morgan fingerprint density at radius 2 is 2.20 bits per heavy atom. The molecule has 0 aromatic rings. The van der Waals surface area contributed by atoms with Crippen LogP contribution in [0.2, 0.25) is 0 Å². The van der Waals surface area contributed by atoms with Crippen LogP contribution in [-0.2, 0) is 9.59 Å². The summed E-state index contributed by atoms with van der Waals surface area (Å²) in [5, 5.41) is 3.16. The van der Waals surface area contributed by atoms with Crippen LogP contribution in [0, 0.1) is 0 Å². The van der Waals surface area contributed by atoms with Gasteiger partial charge in [-0.1, -0.05) is 6.42 Å². The van der Waals surface area contributed by atoms with E-state index in [1.807, 2.05) is 6.92 Å². The molecular weight excluding hydrogens is 194 g/mol. The van der Waals surface area contributed by atoms with E-state index in [1.54, 1.807) is 0 Å². The molecule has 1 atom stereocenters. The molecule has 1 aliphatic rings. The van der Waals surface area contributed by atoms with Gasteiger partial charge in [0.05, 0.1) is 12.6 Å². The Morgan fingerprint density at radius 1 is 1.47 bits per heavy atom. The number of piperidine rings is 1. The number of primary amides is 1. The molecule has 2 amide bonds. The summed E-state index contributed by atoms with van der Waals surface area (Å²) >= 11 is 0. The molecule has 0 saturated carbocycles. The number of amides is 2. The smallest absolute Gasteiger partial charge is 0.240 e. The molecule has 5 nitrogen and oxygen atoms in total. The average molecular weight is 213 g/mol. The van der Waals surface area contributed by atoms with Crippen LogP contribution in [0.4, 0.5) is 0 Å². The lowest BCUT2D eigenvalue weighted by molar-refractivity contribution is -0.137.